The summed E-state index contributed by atoms with van der Waals surface area (Å²) in [6, 6.07) is 9.18. The molecule has 2 heterocycles. The van der Waals surface area contributed by atoms with Crippen molar-refractivity contribution in [3.63, 3.8) is 0 Å². The number of likely N-dealkylation sites (N-methyl/N-ethyl adjacent to an activating group) is 1. The summed E-state index contributed by atoms with van der Waals surface area (Å²) in [6.07, 6.45) is 2.51. The Morgan fingerprint density at radius 3 is 2.70 bits per heavy atom. The molecule has 3 N–H and O–H groups in total. The third-order valence-corrected chi connectivity index (χ3v) is 8.08. The van der Waals surface area contributed by atoms with Crippen LogP contribution in [0.4, 0.5) is 4.39 Å². The molecule has 30 heavy (non-hydrogen) atoms. The van der Waals surface area contributed by atoms with Crippen molar-refractivity contribution in [1.82, 2.24) is 20.5 Å². The van der Waals surface area contributed by atoms with E-state index in [1.807, 2.05) is 0 Å². The molecule has 1 aliphatic rings. The van der Waals surface area contributed by atoms with Crippen LogP contribution < -0.4 is 15.6 Å². The predicted octanol–water partition coefficient (Wildman–Crippen LogP) is 2.40. The molecule has 1 aromatic carbocycles. The lowest BCUT2D eigenvalue weighted by molar-refractivity contribution is -0.131. The first-order valence-corrected chi connectivity index (χ1v) is 12.2. The van der Waals surface area contributed by atoms with Crippen molar-refractivity contribution in [2.24, 2.45) is 0 Å². The Bertz CT molecular complexity index is 935. The number of hydrogen-bond donors (Lipinski definition) is 3. The Labute approximate surface area is 180 Å². The van der Waals surface area contributed by atoms with Crippen molar-refractivity contribution in [3.05, 3.63) is 53.2 Å². The molecule has 7 nitrogen and oxygen atoms in total. The lowest BCUT2D eigenvalue weighted by Gasteiger charge is -2.22. The molecular weight excluding hydrogens is 427 g/mol. The molecule has 0 radical (unpaired) electrons. The maximum Gasteiger partial charge on any atom is 0.250 e. The van der Waals surface area contributed by atoms with E-state index in [1.165, 1.54) is 18.2 Å². The van der Waals surface area contributed by atoms with Crippen LogP contribution in [0.5, 0.6) is 0 Å². The van der Waals surface area contributed by atoms with Gasteiger partial charge in [-0.15, -0.1) is 11.3 Å². The fraction of sp³-hybridized carbons (Fsp3) is 0.450. The van der Waals surface area contributed by atoms with Crippen LogP contribution in [0, 0.1) is 5.82 Å². The molecule has 1 aromatic heterocycles. The molecule has 1 saturated heterocycles. The second-order valence-corrected chi connectivity index (χ2v) is 10.4. The second kappa shape index (κ2) is 9.97. The zero-order chi connectivity index (χ0) is 21.7. The second-order valence-electron chi connectivity index (χ2n) is 7.50. The minimum atomic E-state index is -3.68. The Morgan fingerprint density at radius 2 is 2.03 bits per heavy atom. The van der Waals surface area contributed by atoms with Gasteiger partial charge in [-0.1, -0.05) is 18.2 Å². The molecule has 0 aliphatic carbocycles. The van der Waals surface area contributed by atoms with Gasteiger partial charge in [-0.05, 0) is 55.3 Å². The van der Waals surface area contributed by atoms with E-state index in [4.69, 9.17) is 0 Å². The van der Waals surface area contributed by atoms with Crippen LogP contribution in [0.25, 0.3) is 0 Å². The van der Waals surface area contributed by atoms with E-state index in [1.54, 1.807) is 42.5 Å². The van der Waals surface area contributed by atoms with Crippen LogP contribution in [-0.4, -0.2) is 44.9 Å². The first-order valence-electron chi connectivity index (χ1n) is 9.83. The van der Waals surface area contributed by atoms with Crippen LogP contribution in [0.1, 0.15) is 37.8 Å². The molecule has 2 aromatic rings. The van der Waals surface area contributed by atoms with Crippen LogP contribution in [0.2, 0.25) is 0 Å². The number of nitrogens with one attached hydrogen (secondary N) is 3. The van der Waals surface area contributed by atoms with Gasteiger partial charge in [0.15, 0.2) is 0 Å². The van der Waals surface area contributed by atoms with Gasteiger partial charge >= 0.3 is 0 Å². The van der Waals surface area contributed by atoms with Crippen molar-refractivity contribution in [1.29, 1.82) is 0 Å². The van der Waals surface area contributed by atoms with E-state index < -0.39 is 16.1 Å². The lowest BCUT2D eigenvalue weighted by Crippen LogP contribution is -2.45. The lowest BCUT2D eigenvalue weighted by atomic mass is 9.99. The predicted molar refractivity (Wildman–Crippen MR) is 115 cm³/mol. The van der Waals surface area contributed by atoms with Crippen molar-refractivity contribution in [2.75, 3.05) is 13.6 Å². The number of amides is 1. The molecule has 0 spiro atoms. The minimum Gasteiger partial charge on any atom is -0.344 e. The average Bonchev–Trinajstić information content (AvgIpc) is 3.40. The highest BCUT2D eigenvalue weighted by Crippen LogP contribution is 2.24. The molecule has 3 rings (SSSR count). The summed E-state index contributed by atoms with van der Waals surface area (Å²) in [5.74, 6) is -0.516. The summed E-state index contributed by atoms with van der Waals surface area (Å²) >= 11 is 1.11. The quantitative estimate of drug-likeness (QED) is 0.541. The van der Waals surface area contributed by atoms with Gasteiger partial charge in [-0.25, -0.2) is 12.8 Å². The fourth-order valence-corrected chi connectivity index (χ4v) is 5.70. The van der Waals surface area contributed by atoms with Crippen LogP contribution in [0.3, 0.4) is 0 Å². The third-order valence-electron chi connectivity index (χ3n) is 5.14. The summed E-state index contributed by atoms with van der Waals surface area (Å²) in [6.45, 7) is 2.09. The van der Waals surface area contributed by atoms with Gasteiger partial charge in [0, 0.05) is 25.7 Å². The number of nitrogens with zero attached hydrogens (tertiary/aromatic N) is 1. The normalized spacial score (nSPS) is 20.2. The van der Waals surface area contributed by atoms with Crippen molar-refractivity contribution < 1.29 is 17.6 Å². The highest BCUT2D eigenvalue weighted by Gasteiger charge is 2.26. The molecule has 3 atom stereocenters. The third kappa shape index (κ3) is 5.86. The Morgan fingerprint density at radius 1 is 1.30 bits per heavy atom. The van der Waals surface area contributed by atoms with Gasteiger partial charge in [0.25, 0.3) is 10.0 Å². The Kier molecular flexibility index (Phi) is 7.59. The van der Waals surface area contributed by atoms with Gasteiger partial charge in [0.05, 0.1) is 6.04 Å². The fourth-order valence-electron chi connectivity index (χ4n) is 3.50. The van der Waals surface area contributed by atoms with Gasteiger partial charge in [-0.2, -0.15) is 4.72 Å². The summed E-state index contributed by atoms with van der Waals surface area (Å²) in [4.78, 5) is 14.1. The number of carbonyl (C=O) groups excluding carboxylic acids is 1. The summed E-state index contributed by atoms with van der Waals surface area (Å²) < 4.78 is 40.3. The van der Waals surface area contributed by atoms with Gasteiger partial charge in [0.1, 0.15) is 10.0 Å². The van der Waals surface area contributed by atoms with Crippen LogP contribution in [-0.2, 0) is 14.8 Å². The average molecular weight is 455 g/mol. The maximum absolute atomic E-state index is 13.1. The van der Waals surface area contributed by atoms with E-state index in [0.717, 1.165) is 36.2 Å². The van der Waals surface area contributed by atoms with Crippen molar-refractivity contribution >= 4 is 27.3 Å². The van der Waals surface area contributed by atoms with Gasteiger partial charge in [0.2, 0.25) is 5.91 Å². The molecular formula is C20H27FN4O3S2. The molecule has 0 saturated carbocycles. The molecule has 164 valence electrons. The summed E-state index contributed by atoms with van der Waals surface area (Å²) in [7, 11) is -2.00. The molecule has 3 unspecified atom stereocenters. The SMILES string of the molecule is CC(NS(=O)(=O)c1cccs1)C(=O)N(C)CCCC1CC(c2ccc(F)cc2)NN1. The van der Waals surface area contributed by atoms with Crippen molar-refractivity contribution in [3.8, 4) is 0 Å². The van der Waals surface area contributed by atoms with Gasteiger partial charge < -0.3 is 4.90 Å². The molecule has 1 aliphatic heterocycles. The van der Waals surface area contributed by atoms with E-state index in [-0.39, 0.29) is 28.0 Å². The van der Waals surface area contributed by atoms with E-state index in [2.05, 4.69) is 15.6 Å². The zero-order valence-electron chi connectivity index (χ0n) is 17.0. The summed E-state index contributed by atoms with van der Waals surface area (Å²) in [5.41, 5.74) is 7.52. The number of hydrazine groups is 1. The van der Waals surface area contributed by atoms with Crippen LogP contribution in [0.15, 0.2) is 46.0 Å². The number of hydrogen-bond acceptors (Lipinski definition) is 6. The minimum absolute atomic E-state index is 0.127. The highest BCUT2D eigenvalue weighted by atomic mass is 32.2. The molecule has 10 heteroatoms. The number of halogens is 1. The summed E-state index contributed by atoms with van der Waals surface area (Å²) in [5, 5.41) is 1.68. The first-order chi connectivity index (χ1) is 14.3. The van der Waals surface area contributed by atoms with E-state index in [0.29, 0.717) is 6.54 Å². The van der Waals surface area contributed by atoms with Gasteiger partial charge in [-0.3, -0.25) is 15.6 Å². The van der Waals surface area contributed by atoms with E-state index >= 15 is 0 Å². The zero-order valence-corrected chi connectivity index (χ0v) is 18.6. The van der Waals surface area contributed by atoms with E-state index in [9.17, 15) is 17.6 Å². The first kappa shape index (κ1) is 22.8. The maximum atomic E-state index is 13.1. The molecule has 1 amide bonds. The van der Waals surface area contributed by atoms with Crippen molar-refractivity contribution in [2.45, 2.75) is 48.5 Å². The monoisotopic (exact) mass is 454 g/mol. The Hall–Kier alpha value is -1.85. The standard InChI is InChI=1S/C20H27FN4O3S2/c1-14(24-30(27,28)19-6-4-12-29-19)20(26)25(2)11-3-5-17-13-18(23-22-17)15-7-9-16(21)10-8-15/h4,6-10,12,14,17-18,22-24H,3,5,11,13H2,1-2H3. The topological polar surface area (TPSA) is 90.5 Å². The number of carbonyl (C=O) groups is 1. The van der Waals surface area contributed by atoms with Crippen LogP contribution >= 0.6 is 11.3 Å². The number of sulfonamides is 1. The highest BCUT2D eigenvalue weighted by molar-refractivity contribution is 7.91. The largest absolute Gasteiger partial charge is 0.344 e. The molecule has 1 fully saturated rings. The number of thiophene rings is 1. The molecule has 0 bridgehead atoms. The smallest absolute Gasteiger partial charge is 0.250 e. The number of benzene rings is 1. The number of rotatable bonds is 9. The Balaban J connectivity index is 1.41.